The predicted molar refractivity (Wildman–Crippen MR) is 102 cm³/mol. The average Bonchev–Trinajstić information content (AvgIpc) is 3.35. The first-order valence-electron chi connectivity index (χ1n) is 8.60. The molecule has 0 saturated heterocycles. The van der Waals surface area contributed by atoms with E-state index in [2.05, 4.69) is 15.5 Å². The normalized spacial score (nSPS) is 10.8. The third kappa shape index (κ3) is 3.63. The molecule has 2 aromatic heterocycles. The van der Waals surface area contributed by atoms with Gasteiger partial charge in [-0.15, -0.1) is 5.10 Å². The molecule has 0 saturated carbocycles. The summed E-state index contributed by atoms with van der Waals surface area (Å²) in [5, 5.41) is 21.6. The zero-order valence-electron chi connectivity index (χ0n) is 15.1. The number of benzene rings is 2. The fraction of sp³-hybridized carbons (Fsp3) is 0.105. The summed E-state index contributed by atoms with van der Waals surface area (Å²) in [7, 11) is 0. The number of non-ortho nitro benzene ring substituents is 1. The van der Waals surface area contributed by atoms with Gasteiger partial charge in [-0.25, -0.2) is 0 Å². The number of ether oxygens (including phenoxy) is 1. The summed E-state index contributed by atoms with van der Waals surface area (Å²) in [4.78, 5) is 22.4. The highest BCUT2D eigenvalue weighted by Crippen LogP contribution is 2.33. The molecule has 0 radical (unpaired) electrons. The fourth-order valence-corrected chi connectivity index (χ4v) is 2.69. The van der Waals surface area contributed by atoms with Crippen LogP contribution in [-0.4, -0.2) is 27.6 Å². The number of anilines is 1. The summed E-state index contributed by atoms with van der Waals surface area (Å²) in [5.74, 6) is 0.471. The van der Waals surface area contributed by atoms with Crippen molar-refractivity contribution in [3.05, 3.63) is 64.2 Å². The van der Waals surface area contributed by atoms with Crippen LogP contribution in [0.3, 0.4) is 0 Å². The Bertz CT molecular complexity index is 1200. The van der Waals surface area contributed by atoms with Gasteiger partial charge in [-0.05, 0) is 31.2 Å². The Kier molecular flexibility index (Phi) is 4.65. The van der Waals surface area contributed by atoms with E-state index in [0.717, 1.165) is 5.39 Å². The number of nitro groups is 1. The molecule has 0 bridgehead atoms. The lowest BCUT2D eigenvalue weighted by Gasteiger charge is -2.01. The van der Waals surface area contributed by atoms with Crippen LogP contribution in [-0.2, 0) is 0 Å². The van der Waals surface area contributed by atoms with E-state index in [1.54, 1.807) is 12.1 Å². The molecule has 4 rings (SSSR count). The molecule has 0 aliphatic rings. The third-order valence-electron chi connectivity index (χ3n) is 4.00. The van der Waals surface area contributed by atoms with E-state index in [4.69, 9.17) is 13.6 Å². The lowest BCUT2D eigenvalue weighted by molar-refractivity contribution is -0.384. The van der Waals surface area contributed by atoms with Crippen LogP contribution in [0.4, 0.5) is 11.7 Å². The summed E-state index contributed by atoms with van der Waals surface area (Å²) in [5.41, 5.74) is 0.650. The second-order valence-corrected chi connectivity index (χ2v) is 5.89. The molecular weight excluding hydrogens is 380 g/mol. The molecule has 2 heterocycles. The minimum absolute atomic E-state index is 0.0858. The number of nitrogens with one attached hydrogen (secondary N) is 1. The Morgan fingerprint density at radius 3 is 2.69 bits per heavy atom. The monoisotopic (exact) mass is 394 g/mol. The van der Waals surface area contributed by atoms with Crippen molar-refractivity contribution in [2.75, 3.05) is 11.9 Å². The van der Waals surface area contributed by atoms with Gasteiger partial charge < -0.3 is 13.6 Å². The Labute approximate surface area is 163 Å². The molecule has 0 fully saturated rings. The molecule has 4 aromatic rings. The maximum Gasteiger partial charge on any atom is 0.322 e. The van der Waals surface area contributed by atoms with Gasteiger partial charge in [0.15, 0.2) is 17.1 Å². The van der Waals surface area contributed by atoms with Gasteiger partial charge in [-0.1, -0.05) is 17.2 Å². The molecule has 10 heteroatoms. The molecule has 2 aromatic carbocycles. The van der Waals surface area contributed by atoms with Crippen LogP contribution in [0.2, 0.25) is 0 Å². The summed E-state index contributed by atoms with van der Waals surface area (Å²) in [6.07, 6.45) is 0. The number of furan rings is 1. The lowest BCUT2D eigenvalue weighted by Crippen LogP contribution is -2.12. The predicted octanol–water partition coefficient (Wildman–Crippen LogP) is 4.04. The van der Waals surface area contributed by atoms with Crippen molar-refractivity contribution in [1.82, 2.24) is 10.2 Å². The zero-order valence-corrected chi connectivity index (χ0v) is 15.1. The lowest BCUT2D eigenvalue weighted by atomic mass is 10.2. The summed E-state index contributed by atoms with van der Waals surface area (Å²) in [6.45, 7) is 2.37. The second kappa shape index (κ2) is 7.43. The molecule has 0 atom stereocenters. The van der Waals surface area contributed by atoms with Crippen LogP contribution in [0.1, 0.15) is 17.3 Å². The SMILES string of the molecule is CCOc1cccc2cc(-c3nnc(NC(=O)c4ccc([N+](=O)[O-])cc4)o3)oc12. The van der Waals surface area contributed by atoms with E-state index in [9.17, 15) is 14.9 Å². The summed E-state index contributed by atoms with van der Waals surface area (Å²) in [6, 6.07) is 12.2. The quantitative estimate of drug-likeness (QED) is 0.382. The molecule has 0 unspecified atom stereocenters. The molecule has 10 nitrogen and oxygen atoms in total. The number of hydrogen-bond donors (Lipinski definition) is 1. The van der Waals surface area contributed by atoms with Gasteiger partial charge in [0.25, 0.3) is 17.5 Å². The highest BCUT2D eigenvalue weighted by Gasteiger charge is 2.18. The highest BCUT2D eigenvalue weighted by molar-refractivity contribution is 6.03. The van der Waals surface area contributed by atoms with Gasteiger partial charge in [0.2, 0.25) is 0 Å². The van der Waals surface area contributed by atoms with E-state index >= 15 is 0 Å². The smallest absolute Gasteiger partial charge is 0.322 e. The minimum Gasteiger partial charge on any atom is -0.490 e. The summed E-state index contributed by atoms with van der Waals surface area (Å²) >= 11 is 0. The molecule has 1 N–H and O–H groups in total. The van der Waals surface area contributed by atoms with Gasteiger partial charge in [0, 0.05) is 23.1 Å². The maximum atomic E-state index is 12.2. The maximum absolute atomic E-state index is 12.2. The van der Waals surface area contributed by atoms with Gasteiger partial charge >= 0.3 is 6.01 Å². The molecule has 0 spiro atoms. The Balaban J connectivity index is 1.54. The van der Waals surface area contributed by atoms with Crippen molar-refractivity contribution >= 4 is 28.6 Å². The first-order chi connectivity index (χ1) is 14.0. The molecule has 0 aliphatic carbocycles. The third-order valence-corrected chi connectivity index (χ3v) is 4.00. The number of carbonyl (C=O) groups is 1. The first-order valence-corrected chi connectivity index (χ1v) is 8.60. The molecule has 0 aliphatic heterocycles. The first kappa shape index (κ1) is 18.2. The Morgan fingerprint density at radius 1 is 1.17 bits per heavy atom. The number of amides is 1. The number of nitrogens with zero attached hydrogens (tertiary/aromatic N) is 3. The molecule has 146 valence electrons. The average molecular weight is 394 g/mol. The number of aromatic nitrogens is 2. The molecular formula is C19H14N4O6. The van der Waals surface area contributed by atoms with Crippen LogP contribution in [0.15, 0.2) is 57.4 Å². The molecule has 1 amide bonds. The van der Waals surface area contributed by atoms with E-state index in [0.29, 0.717) is 23.7 Å². The highest BCUT2D eigenvalue weighted by atomic mass is 16.6. The van der Waals surface area contributed by atoms with E-state index in [-0.39, 0.29) is 23.2 Å². The van der Waals surface area contributed by atoms with Crippen LogP contribution in [0.25, 0.3) is 22.6 Å². The van der Waals surface area contributed by atoms with E-state index in [1.807, 2.05) is 19.1 Å². The number of hydrogen-bond acceptors (Lipinski definition) is 8. The van der Waals surface area contributed by atoms with Crippen molar-refractivity contribution in [2.45, 2.75) is 6.92 Å². The number of rotatable bonds is 6. The van der Waals surface area contributed by atoms with Crippen LogP contribution < -0.4 is 10.1 Å². The number of para-hydroxylation sites is 1. The van der Waals surface area contributed by atoms with Crippen molar-refractivity contribution < 1.29 is 23.3 Å². The fourth-order valence-electron chi connectivity index (χ4n) is 2.69. The largest absolute Gasteiger partial charge is 0.490 e. The van der Waals surface area contributed by atoms with Gasteiger partial charge in [0.05, 0.1) is 11.5 Å². The number of carbonyl (C=O) groups excluding carboxylic acids is 1. The minimum atomic E-state index is -0.545. The van der Waals surface area contributed by atoms with Crippen LogP contribution >= 0.6 is 0 Å². The summed E-state index contributed by atoms with van der Waals surface area (Å²) < 4.78 is 16.8. The standard InChI is InChI=1S/C19H14N4O6/c1-2-27-14-5-3-4-12-10-15(28-16(12)14)18-21-22-19(29-18)20-17(24)11-6-8-13(9-7-11)23(25)26/h3-10H,2H2,1H3,(H,20,22,24). The van der Waals surface area contributed by atoms with Crippen molar-refractivity contribution in [1.29, 1.82) is 0 Å². The Hall–Kier alpha value is -4.21. The van der Waals surface area contributed by atoms with Crippen LogP contribution in [0.5, 0.6) is 5.75 Å². The van der Waals surface area contributed by atoms with E-state index < -0.39 is 10.8 Å². The number of fused-ring (bicyclic) bond motifs is 1. The van der Waals surface area contributed by atoms with Crippen molar-refractivity contribution in [2.24, 2.45) is 0 Å². The molecule has 29 heavy (non-hydrogen) atoms. The zero-order chi connectivity index (χ0) is 20.4. The Morgan fingerprint density at radius 2 is 1.97 bits per heavy atom. The van der Waals surface area contributed by atoms with Crippen molar-refractivity contribution in [3.8, 4) is 17.4 Å². The van der Waals surface area contributed by atoms with Gasteiger partial charge in [-0.2, -0.15) is 0 Å². The van der Waals surface area contributed by atoms with Crippen LogP contribution in [0, 0.1) is 10.1 Å². The van der Waals surface area contributed by atoms with Gasteiger partial charge in [-0.3, -0.25) is 20.2 Å². The van der Waals surface area contributed by atoms with Crippen molar-refractivity contribution in [3.63, 3.8) is 0 Å². The topological polar surface area (TPSA) is 134 Å². The van der Waals surface area contributed by atoms with Gasteiger partial charge in [0.1, 0.15) is 0 Å². The van der Waals surface area contributed by atoms with E-state index in [1.165, 1.54) is 24.3 Å². The number of nitro benzene ring substituents is 1. The second-order valence-electron chi connectivity index (χ2n) is 5.89.